The van der Waals surface area contributed by atoms with Gasteiger partial charge in [0.05, 0.1) is 12.8 Å². The highest BCUT2D eigenvalue weighted by Gasteiger charge is 2.22. The molecule has 0 radical (unpaired) electrons. The van der Waals surface area contributed by atoms with Crippen molar-refractivity contribution >= 4 is 11.9 Å². The number of carboxylic acids is 1. The molecule has 1 aromatic carbocycles. The summed E-state index contributed by atoms with van der Waals surface area (Å²) in [7, 11) is 1.57. The lowest BCUT2D eigenvalue weighted by Crippen LogP contribution is -2.41. The number of ether oxygens (including phenoxy) is 1. The number of aromatic amines is 1. The number of hydrogen-bond donors (Lipinski definition) is 3. The van der Waals surface area contributed by atoms with Crippen LogP contribution in [-0.2, 0) is 4.79 Å². The average molecular weight is 331 g/mol. The second-order valence-electron chi connectivity index (χ2n) is 5.89. The molecule has 0 fully saturated rings. The summed E-state index contributed by atoms with van der Waals surface area (Å²) in [5, 5.41) is 18.5. The van der Waals surface area contributed by atoms with Crippen molar-refractivity contribution in [3.05, 3.63) is 36.0 Å². The van der Waals surface area contributed by atoms with Gasteiger partial charge in [0.2, 0.25) is 0 Å². The molecule has 7 heteroatoms. The second-order valence-corrected chi connectivity index (χ2v) is 5.89. The second kappa shape index (κ2) is 7.63. The summed E-state index contributed by atoms with van der Waals surface area (Å²) in [4.78, 5) is 23.5. The summed E-state index contributed by atoms with van der Waals surface area (Å²) in [6.45, 7) is 3.80. The summed E-state index contributed by atoms with van der Waals surface area (Å²) >= 11 is 0. The highest BCUT2D eigenvalue weighted by molar-refractivity contribution is 5.95. The van der Waals surface area contributed by atoms with E-state index in [1.165, 1.54) is 0 Å². The molecule has 1 amide bonds. The minimum atomic E-state index is -1.05. The number of aliphatic carboxylic acids is 1. The lowest BCUT2D eigenvalue weighted by molar-refractivity contribution is -0.139. The van der Waals surface area contributed by atoms with E-state index in [2.05, 4.69) is 15.5 Å². The van der Waals surface area contributed by atoms with Crippen molar-refractivity contribution in [2.45, 2.75) is 26.3 Å². The van der Waals surface area contributed by atoms with Crippen LogP contribution in [0.4, 0.5) is 0 Å². The van der Waals surface area contributed by atoms with Crippen molar-refractivity contribution in [1.29, 1.82) is 0 Å². The number of nitrogens with zero attached hydrogens (tertiary/aromatic N) is 1. The van der Waals surface area contributed by atoms with Crippen molar-refractivity contribution in [3.63, 3.8) is 0 Å². The number of aromatic nitrogens is 2. The number of nitrogens with one attached hydrogen (secondary N) is 2. The molecule has 0 bridgehead atoms. The quantitative estimate of drug-likeness (QED) is 0.722. The summed E-state index contributed by atoms with van der Waals surface area (Å²) < 4.78 is 5.16. The summed E-state index contributed by atoms with van der Waals surface area (Å²) in [5.74, 6) is -0.709. The predicted octanol–water partition coefficient (Wildman–Crippen LogP) is 2.31. The van der Waals surface area contributed by atoms with Gasteiger partial charge in [0.1, 0.15) is 17.5 Å². The minimum Gasteiger partial charge on any atom is -0.497 e. The van der Waals surface area contributed by atoms with Crippen LogP contribution in [0, 0.1) is 5.92 Å². The first-order valence-corrected chi connectivity index (χ1v) is 7.64. The molecule has 1 aromatic heterocycles. The third-order valence-corrected chi connectivity index (χ3v) is 3.50. The maximum atomic E-state index is 12.2. The van der Waals surface area contributed by atoms with E-state index in [4.69, 9.17) is 4.74 Å². The molecular weight excluding hydrogens is 310 g/mol. The number of carbonyl (C=O) groups excluding carboxylic acids is 1. The Bertz CT molecular complexity index is 724. The van der Waals surface area contributed by atoms with E-state index in [1.807, 2.05) is 32.0 Å². The minimum absolute atomic E-state index is 0.153. The lowest BCUT2D eigenvalue weighted by atomic mass is 10.0. The van der Waals surface area contributed by atoms with E-state index in [-0.39, 0.29) is 11.6 Å². The SMILES string of the molecule is COc1cccc(-c2cc(C(=O)NC(CC(C)C)C(=O)O)[nH]n2)c1. The molecule has 0 spiro atoms. The fourth-order valence-electron chi connectivity index (χ4n) is 2.30. The van der Waals surface area contributed by atoms with E-state index in [1.54, 1.807) is 19.2 Å². The Labute approximate surface area is 140 Å². The van der Waals surface area contributed by atoms with Crippen LogP contribution >= 0.6 is 0 Å². The van der Waals surface area contributed by atoms with Crippen LogP contribution in [0.1, 0.15) is 30.8 Å². The van der Waals surface area contributed by atoms with Crippen LogP contribution in [0.25, 0.3) is 11.3 Å². The largest absolute Gasteiger partial charge is 0.497 e. The zero-order valence-corrected chi connectivity index (χ0v) is 13.9. The maximum absolute atomic E-state index is 12.2. The zero-order valence-electron chi connectivity index (χ0n) is 13.9. The van der Waals surface area contributed by atoms with Crippen LogP contribution < -0.4 is 10.1 Å². The summed E-state index contributed by atoms with van der Waals surface area (Å²) in [5.41, 5.74) is 1.58. The first kappa shape index (κ1) is 17.5. The zero-order chi connectivity index (χ0) is 17.7. The van der Waals surface area contributed by atoms with Gasteiger partial charge in [-0.3, -0.25) is 9.89 Å². The first-order valence-electron chi connectivity index (χ1n) is 7.64. The topological polar surface area (TPSA) is 104 Å². The molecule has 0 aliphatic heterocycles. The van der Waals surface area contributed by atoms with E-state index < -0.39 is 17.9 Å². The number of amides is 1. The Kier molecular flexibility index (Phi) is 5.57. The standard InChI is InChI=1S/C17H21N3O4/c1-10(2)7-15(17(22)23)18-16(21)14-9-13(19-20-14)11-5-4-6-12(8-11)24-3/h4-6,8-10,15H,7H2,1-3H3,(H,18,21)(H,19,20)(H,22,23). The third-order valence-electron chi connectivity index (χ3n) is 3.50. The molecule has 1 atom stereocenters. The molecule has 0 saturated carbocycles. The fraction of sp³-hybridized carbons (Fsp3) is 0.353. The number of carboxylic acid groups (broad SMARTS) is 1. The van der Waals surface area contributed by atoms with Crippen molar-refractivity contribution in [2.75, 3.05) is 7.11 Å². The van der Waals surface area contributed by atoms with Crippen LogP contribution in [-0.4, -0.2) is 40.3 Å². The van der Waals surface area contributed by atoms with Crippen LogP contribution in [0.2, 0.25) is 0 Å². The van der Waals surface area contributed by atoms with Gasteiger partial charge in [0.25, 0.3) is 5.91 Å². The molecule has 7 nitrogen and oxygen atoms in total. The Morgan fingerprint density at radius 2 is 2.08 bits per heavy atom. The number of hydrogen-bond acceptors (Lipinski definition) is 4. The van der Waals surface area contributed by atoms with Gasteiger partial charge in [0, 0.05) is 5.56 Å². The van der Waals surface area contributed by atoms with Crippen LogP contribution in [0.3, 0.4) is 0 Å². The number of benzene rings is 1. The Morgan fingerprint density at radius 3 is 2.71 bits per heavy atom. The van der Waals surface area contributed by atoms with E-state index >= 15 is 0 Å². The number of rotatable bonds is 7. The van der Waals surface area contributed by atoms with Gasteiger partial charge >= 0.3 is 5.97 Å². The molecule has 1 heterocycles. The van der Waals surface area contributed by atoms with Gasteiger partial charge in [-0.25, -0.2) is 4.79 Å². The summed E-state index contributed by atoms with van der Waals surface area (Å²) in [6, 6.07) is 7.94. The smallest absolute Gasteiger partial charge is 0.326 e. The number of methoxy groups -OCH3 is 1. The van der Waals surface area contributed by atoms with Crippen molar-refractivity contribution in [3.8, 4) is 17.0 Å². The molecule has 1 unspecified atom stereocenters. The molecular formula is C17H21N3O4. The van der Waals surface area contributed by atoms with Crippen LogP contribution in [0.15, 0.2) is 30.3 Å². The lowest BCUT2D eigenvalue weighted by Gasteiger charge is -2.15. The van der Waals surface area contributed by atoms with Gasteiger partial charge in [-0.1, -0.05) is 26.0 Å². The van der Waals surface area contributed by atoms with Gasteiger partial charge < -0.3 is 15.2 Å². The van der Waals surface area contributed by atoms with Crippen molar-refractivity contribution in [1.82, 2.24) is 15.5 Å². The normalized spacial score (nSPS) is 12.0. The van der Waals surface area contributed by atoms with Crippen molar-refractivity contribution < 1.29 is 19.4 Å². The molecule has 0 aliphatic rings. The molecule has 24 heavy (non-hydrogen) atoms. The third kappa shape index (κ3) is 4.34. The van der Waals surface area contributed by atoms with E-state index in [9.17, 15) is 14.7 Å². The molecule has 128 valence electrons. The summed E-state index contributed by atoms with van der Waals surface area (Å²) in [6.07, 6.45) is 0.359. The van der Waals surface area contributed by atoms with Gasteiger partial charge in [0.15, 0.2) is 0 Å². The van der Waals surface area contributed by atoms with Gasteiger partial charge in [-0.05, 0) is 30.5 Å². The van der Waals surface area contributed by atoms with Crippen LogP contribution in [0.5, 0.6) is 5.75 Å². The average Bonchev–Trinajstić information content (AvgIpc) is 3.04. The Morgan fingerprint density at radius 1 is 1.33 bits per heavy atom. The van der Waals surface area contributed by atoms with Gasteiger partial charge in [-0.15, -0.1) is 0 Å². The number of H-pyrrole nitrogens is 1. The molecule has 2 rings (SSSR count). The monoisotopic (exact) mass is 331 g/mol. The first-order chi connectivity index (χ1) is 11.4. The van der Waals surface area contributed by atoms with Crippen molar-refractivity contribution in [2.24, 2.45) is 5.92 Å². The van der Waals surface area contributed by atoms with Gasteiger partial charge in [-0.2, -0.15) is 5.10 Å². The maximum Gasteiger partial charge on any atom is 0.326 e. The van der Waals surface area contributed by atoms with E-state index in [0.29, 0.717) is 17.9 Å². The Balaban J connectivity index is 2.14. The number of carbonyl (C=O) groups is 2. The predicted molar refractivity (Wildman–Crippen MR) is 88.9 cm³/mol. The fourth-order valence-corrected chi connectivity index (χ4v) is 2.30. The molecule has 0 aliphatic carbocycles. The van der Waals surface area contributed by atoms with E-state index in [0.717, 1.165) is 5.56 Å². The molecule has 2 aromatic rings. The Hall–Kier alpha value is -2.83. The molecule has 0 saturated heterocycles. The highest BCUT2D eigenvalue weighted by Crippen LogP contribution is 2.22. The molecule has 3 N–H and O–H groups in total. The highest BCUT2D eigenvalue weighted by atomic mass is 16.5.